The van der Waals surface area contributed by atoms with E-state index in [0.717, 1.165) is 10.0 Å². The van der Waals surface area contributed by atoms with Gasteiger partial charge < -0.3 is 10.6 Å². The maximum Gasteiger partial charge on any atom is 0.319 e. The van der Waals surface area contributed by atoms with Crippen LogP contribution in [0.4, 0.5) is 10.5 Å². The van der Waals surface area contributed by atoms with E-state index >= 15 is 0 Å². The van der Waals surface area contributed by atoms with E-state index in [-0.39, 0.29) is 10.6 Å². The van der Waals surface area contributed by atoms with E-state index in [1.54, 1.807) is 0 Å². The molecule has 8 heteroatoms. The van der Waals surface area contributed by atoms with Crippen molar-refractivity contribution >= 4 is 37.8 Å². The van der Waals surface area contributed by atoms with Gasteiger partial charge in [-0.15, -0.1) is 0 Å². The molecule has 0 spiro atoms. The lowest BCUT2D eigenvalue weighted by molar-refractivity contribution is 0.251. The van der Waals surface area contributed by atoms with Gasteiger partial charge in [-0.1, -0.05) is 34.1 Å². The quantitative estimate of drug-likeness (QED) is 0.705. The second-order valence-electron chi connectivity index (χ2n) is 4.44. The third-order valence-electron chi connectivity index (χ3n) is 2.76. The van der Waals surface area contributed by atoms with E-state index in [1.165, 1.54) is 24.3 Å². The summed E-state index contributed by atoms with van der Waals surface area (Å²) < 4.78 is 32.0. The maximum absolute atomic E-state index is 11.8. The fourth-order valence-corrected chi connectivity index (χ4v) is 2.48. The van der Waals surface area contributed by atoms with Gasteiger partial charge >= 0.3 is 6.03 Å². The number of rotatable bonds is 4. The first-order valence-electron chi connectivity index (χ1n) is 6.21. The molecule has 0 aliphatic rings. The molecule has 0 radical (unpaired) electrons. The zero-order chi connectivity index (χ0) is 16.2. The largest absolute Gasteiger partial charge is 0.334 e. The molecule has 0 heterocycles. The average molecular weight is 385 g/mol. The number of benzene rings is 2. The van der Waals surface area contributed by atoms with Crippen LogP contribution in [0.5, 0.6) is 0 Å². The van der Waals surface area contributed by atoms with Crippen LogP contribution in [0.2, 0.25) is 0 Å². The van der Waals surface area contributed by atoms with Gasteiger partial charge in [0.2, 0.25) is 0 Å². The van der Waals surface area contributed by atoms with Gasteiger partial charge in [-0.25, -0.2) is 4.79 Å². The van der Waals surface area contributed by atoms with E-state index in [2.05, 4.69) is 26.6 Å². The summed E-state index contributed by atoms with van der Waals surface area (Å²) in [7, 11) is -4.30. The van der Waals surface area contributed by atoms with Gasteiger partial charge in [0.05, 0.1) is 4.90 Å². The molecule has 2 aromatic rings. The van der Waals surface area contributed by atoms with Gasteiger partial charge in [0, 0.05) is 16.7 Å². The number of anilines is 1. The first-order valence-corrected chi connectivity index (χ1v) is 8.45. The molecule has 22 heavy (non-hydrogen) atoms. The van der Waals surface area contributed by atoms with Crippen LogP contribution in [0.1, 0.15) is 5.56 Å². The van der Waals surface area contributed by atoms with Crippen LogP contribution in [0.3, 0.4) is 0 Å². The number of halogens is 1. The highest BCUT2D eigenvalue weighted by Crippen LogP contribution is 2.15. The molecule has 116 valence electrons. The molecule has 0 atom stereocenters. The Bertz CT molecular complexity index is 776. The third-order valence-corrected chi connectivity index (χ3v) is 4.13. The summed E-state index contributed by atoms with van der Waals surface area (Å²) in [6, 6.07) is 12.3. The highest BCUT2D eigenvalue weighted by molar-refractivity contribution is 9.10. The number of carbonyl (C=O) groups is 1. The lowest BCUT2D eigenvalue weighted by atomic mass is 10.2. The summed E-state index contributed by atoms with van der Waals surface area (Å²) in [6.07, 6.45) is 0. The highest BCUT2D eigenvalue weighted by atomic mass is 79.9. The van der Waals surface area contributed by atoms with Crippen LogP contribution in [0.15, 0.2) is 57.9 Å². The van der Waals surface area contributed by atoms with E-state index in [1.807, 2.05) is 24.3 Å². The molecule has 0 aliphatic carbocycles. The minimum absolute atomic E-state index is 0.267. The average Bonchev–Trinajstić information content (AvgIpc) is 2.46. The summed E-state index contributed by atoms with van der Waals surface area (Å²) in [4.78, 5) is 11.5. The molecule has 0 bridgehead atoms. The summed E-state index contributed by atoms with van der Waals surface area (Å²) in [6.45, 7) is 0.330. The smallest absolute Gasteiger partial charge is 0.319 e. The fourth-order valence-electron chi connectivity index (χ4n) is 1.69. The van der Waals surface area contributed by atoms with Gasteiger partial charge in [0.1, 0.15) is 0 Å². The van der Waals surface area contributed by atoms with E-state index in [9.17, 15) is 13.2 Å². The van der Waals surface area contributed by atoms with Crippen molar-refractivity contribution < 1.29 is 17.8 Å². The molecule has 0 saturated carbocycles. The Kier molecular flexibility index (Phi) is 5.17. The van der Waals surface area contributed by atoms with E-state index < -0.39 is 16.1 Å². The molecule has 0 unspecified atom stereocenters. The summed E-state index contributed by atoms with van der Waals surface area (Å²) in [5, 5.41) is 5.15. The van der Waals surface area contributed by atoms with Crippen LogP contribution < -0.4 is 10.6 Å². The molecule has 2 aromatic carbocycles. The first kappa shape index (κ1) is 16.5. The second kappa shape index (κ2) is 6.91. The van der Waals surface area contributed by atoms with Crippen molar-refractivity contribution in [2.24, 2.45) is 0 Å². The van der Waals surface area contributed by atoms with Crippen molar-refractivity contribution in [1.29, 1.82) is 0 Å². The standard InChI is InChI=1S/C14H13BrN2O4S/c15-11-6-4-10(5-7-11)9-16-14(18)17-12-2-1-3-13(8-12)22(19,20)21/h1-8H,9H2,(H2,16,17,18)(H,19,20,21). The summed E-state index contributed by atoms with van der Waals surface area (Å²) >= 11 is 3.32. The number of nitrogens with one attached hydrogen (secondary N) is 2. The summed E-state index contributed by atoms with van der Waals surface area (Å²) in [5.41, 5.74) is 1.19. The van der Waals surface area contributed by atoms with Gasteiger partial charge in [0.15, 0.2) is 0 Å². The lowest BCUT2D eigenvalue weighted by Gasteiger charge is -2.08. The van der Waals surface area contributed by atoms with Crippen LogP contribution in [-0.2, 0) is 16.7 Å². The molecular weight excluding hydrogens is 372 g/mol. The zero-order valence-electron chi connectivity index (χ0n) is 11.3. The first-order chi connectivity index (χ1) is 10.3. The third kappa shape index (κ3) is 4.83. The van der Waals surface area contributed by atoms with Crippen molar-refractivity contribution in [1.82, 2.24) is 5.32 Å². The van der Waals surface area contributed by atoms with E-state index in [0.29, 0.717) is 6.54 Å². The minimum Gasteiger partial charge on any atom is -0.334 e. The SMILES string of the molecule is O=C(NCc1ccc(Br)cc1)Nc1cccc(S(=O)(=O)O)c1. The van der Waals surface area contributed by atoms with Crippen LogP contribution in [0, 0.1) is 0 Å². The van der Waals surface area contributed by atoms with Crippen LogP contribution in [0.25, 0.3) is 0 Å². The summed E-state index contributed by atoms with van der Waals surface area (Å²) in [5.74, 6) is 0. The Labute approximate surface area is 136 Å². The number of carbonyl (C=O) groups excluding carboxylic acids is 1. The van der Waals surface area contributed by atoms with Crippen molar-refractivity contribution in [3.8, 4) is 0 Å². The topological polar surface area (TPSA) is 95.5 Å². The predicted molar refractivity (Wildman–Crippen MR) is 86.3 cm³/mol. The van der Waals surface area contributed by atoms with Crippen molar-refractivity contribution in [3.05, 3.63) is 58.6 Å². The van der Waals surface area contributed by atoms with Gasteiger partial charge in [-0.05, 0) is 35.9 Å². The molecule has 6 nitrogen and oxygen atoms in total. The van der Waals surface area contributed by atoms with Crippen molar-refractivity contribution in [3.63, 3.8) is 0 Å². The Balaban J connectivity index is 1.96. The Morgan fingerprint density at radius 2 is 1.82 bits per heavy atom. The van der Waals surface area contributed by atoms with Crippen molar-refractivity contribution in [2.75, 3.05) is 5.32 Å². The second-order valence-corrected chi connectivity index (χ2v) is 6.77. The molecule has 2 rings (SSSR count). The molecule has 3 N–H and O–H groups in total. The van der Waals surface area contributed by atoms with Gasteiger partial charge in [-0.2, -0.15) is 8.42 Å². The lowest BCUT2D eigenvalue weighted by Crippen LogP contribution is -2.28. The van der Waals surface area contributed by atoms with Crippen molar-refractivity contribution in [2.45, 2.75) is 11.4 Å². The monoisotopic (exact) mass is 384 g/mol. The Morgan fingerprint density at radius 1 is 1.14 bits per heavy atom. The maximum atomic E-state index is 11.8. The minimum atomic E-state index is -4.30. The zero-order valence-corrected chi connectivity index (χ0v) is 13.7. The Hall–Kier alpha value is -1.90. The Morgan fingerprint density at radius 3 is 2.45 bits per heavy atom. The highest BCUT2D eigenvalue weighted by Gasteiger charge is 2.10. The normalized spacial score (nSPS) is 11.0. The molecular formula is C14H13BrN2O4S. The van der Waals surface area contributed by atoms with Crippen LogP contribution >= 0.6 is 15.9 Å². The van der Waals surface area contributed by atoms with E-state index in [4.69, 9.17) is 4.55 Å². The number of urea groups is 1. The number of hydrogen-bond acceptors (Lipinski definition) is 3. The van der Waals surface area contributed by atoms with Gasteiger partial charge in [0.25, 0.3) is 10.1 Å². The van der Waals surface area contributed by atoms with Gasteiger partial charge in [-0.3, -0.25) is 4.55 Å². The number of hydrogen-bond donors (Lipinski definition) is 3. The number of amides is 2. The van der Waals surface area contributed by atoms with Crippen LogP contribution in [-0.4, -0.2) is 19.0 Å². The molecule has 0 saturated heterocycles. The molecule has 0 aromatic heterocycles. The fraction of sp³-hybridized carbons (Fsp3) is 0.0714. The molecule has 0 fully saturated rings. The predicted octanol–water partition coefficient (Wildman–Crippen LogP) is 3.02. The molecule has 0 aliphatic heterocycles. The molecule has 2 amide bonds.